The fourth-order valence-corrected chi connectivity index (χ4v) is 4.87. The van der Waals surface area contributed by atoms with Crippen molar-refractivity contribution in [1.29, 1.82) is 0 Å². The van der Waals surface area contributed by atoms with E-state index in [1.165, 1.54) is 35.4 Å². The average molecular weight is 449 g/mol. The van der Waals surface area contributed by atoms with E-state index in [2.05, 4.69) is 20.5 Å². The molecule has 0 radical (unpaired) electrons. The Morgan fingerprint density at radius 3 is 2.82 bits per heavy atom. The minimum absolute atomic E-state index is 0.333. The molecule has 0 spiro atoms. The van der Waals surface area contributed by atoms with Crippen LogP contribution in [0.1, 0.15) is 9.67 Å². The molecule has 4 rings (SSSR count). The largest absolute Gasteiger partial charge is 0.321 e. The van der Waals surface area contributed by atoms with Crippen LogP contribution in [0.3, 0.4) is 0 Å². The molecule has 0 aliphatic carbocycles. The molecule has 0 unspecified atom stereocenters. The van der Waals surface area contributed by atoms with Gasteiger partial charge in [-0.3, -0.25) is 4.79 Å². The SMILES string of the molecule is O=C(Nc1ccc(Sc2nncs2)c(Cl)c1)c1cnc(-c2ccccc2F)s1. The van der Waals surface area contributed by atoms with Gasteiger partial charge in [-0.1, -0.05) is 46.8 Å². The summed E-state index contributed by atoms with van der Waals surface area (Å²) in [4.78, 5) is 17.8. The van der Waals surface area contributed by atoms with Crippen LogP contribution in [-0.4, -0.2) is 21.1 Å². The van der Waals surface area contributed by atoms with Crippen LogP contribution in [0.15, 0.2) is 63.4 Å². The molecule has 0 saturated carbocycles. The molecule has 0 fully saturated rings. The Hall–Kier alpha value is -2.33. The van der Waals surface area contributed by atoms with Crippen molar-refractivity contribution in [2.75, 3.05) is 5.32 Å². The zero-order valence-corrected chi connectivity index (χ0v) is 17.1. The number of hydrogen-bond donors (Lipinski definition) is 1. The van der Waals surface area contributed by atoms with Gasteiger partial charge in [0.2, 0.25) is 0 Å². The molecule has 0 aliphatic heterocycles. The highest BCUT2D eigenvalue weighted by atomic mass is 35.5. The van der Waals surface area contributed by atoms with Gasteiger partial charge in [0.1, 0.15) is 21.2 Å². The Labute approximate surface area is 176 Å². The number of carbonyl (C=O) groups is 1. The zero-order chi connectivity index (χ0) is 19.5. The summed E-state index contributed by atoms with van der Waals surface area (Å²) in [5, 5.41) is 11.5. The molecule has 2 aromatic heterocycles. The van der Waals surface area contributed by atoms with Crippen molar-refractivity contribution >= 4 is 57.6 Å². The van der Waals surface area contributed by atoms with Gasteiger partial charge in [0, 0.05) is 16.1 Å². The number of halogens is 2. The summed E-state index contributed by atoms with van der Waals surface area (Å²) in [5.74, 6) is -0.709. The Morgan fingerprint density at radius 2 is 2.07 bits per heavy atom. The second-order valence-corrected chi connectivity index (χ2v) is 8.98. The first-order valence-corrected chi connectivity index (χ1v) is 10.7. The normalized spacial score (nSPS) is 10.8. The molecule has 28 heavy (non-hydrogen) atoms. The van der Waals surface area contributed by atoms with Gasteiger partial charge in [0.05, 0.1) is 11.2 Å². The Morgan fingerprint density at radius 1 is 1.21 bits per heavy atom. The van der Waals surface area contributed by atoms with E-state index in [4.69, 9.17) is 11.6 Å². The first kappa shape index (κ1) is 19.0. The molecule has 0 atom stereocenters. The first-order chi connectivity index (χ1) is 13.6. The van der Waals surface area contributed by atoms with Crippen LogP contribution in [-0.2, 0) is 0 Å². The summed E-state index contributed by atoms with van der Waals surface area (Å²) in [7, 11) is 0. The Kier molecular flexibility index (Phi) is 5.67. The second kappa shape index (κ2) is 8.36. The van der Waals surface area contributed by atoms with Gasteiger partial charge in [-0.2, -0.15) is 0 Å². The van der Waals surface area contributed by atoms with Crippen molar-refractivity contribution in [2.24, 2.45) is 0 Å². The topological polar surface area (TPSA) is 67.8 Å². The Bertz CT molecular complexity index is 1130. The number of hydrogen-bond acceptors (Lipinski definition) is 7. The van der Waals surface area contributed by atoms with Crippen LogP contribution in [0.2, 0.25) is 5.02 Å². The molecule has 10 heteroatoms. The van der Waals surface area contributed by atoms with E-state index < -0.39 is 0 Å². The van der Waals surface area contributed by atoms with Crippen LogP contribution in [0.25, 0.3) is 10.6 Å². The quantitative estimate of drug-likeness (QED) is 0.414. The molecule has 0 saturated heterocycles. The number of amides is 1. The smallest absolute Gasteiger partial charge is 0.267 e. The van der Waals surface area contributed by atoms with Gasteiger partial charge >= 0.3 is 0 Å². The van der Waals surface area contributed by atoms with Crippen LogP contribution in [0.4, 0.5) is 10.1 Å². The summed E-state index contributed by atoms with van der Waals surface area (Å²) >= 11 is 10.3. The lowest BCUT2D eigenvalue weighted by Gasteiger charge is -2.06. The van der Waals surface area contributed by atoms with E-state index in [1.807, 2.05) is 6.07 Å². The highest BCUT2D eigenvalue weighted by molar-refractivity contribution is 8.01. The molecule has 2 aromatic carbocycles. The molecule has 0 bridgehead atoms. The van der Waals surface area contributed by atoms with Crippen LogP contribution in [0.5, 0.6) is 0 Å². The molecule has 140 valence electrons. The van der Waals surface area contributed by atoms with Gasteiger partial charge < -0.3 is 5.32 Å². The van der Waals surface area contributed by atoms with E-state index in [0.29, 0.717) is 26.2 Å². The van der Waals surface area contributed by atoms with E-state index in [1.54, 1.807) is 35.8 Å². The zero-order valence-electron chi connectivity index (χ0n) is 13.9. The number of thiazole rings is 1. The molecule has 1 N–H and O–H groups in total. The summed E-state index contributed by atoms with van der Waals surface area (Å²) < 4.78 is 14.7. The maximum Gasteiger partial charge on any atom is 0.267 e. The molecule has 2 heterocycles. The number of rotatable bonds is 5. The van der Waals surface area contributed by atoms with E-state index in [0.717, 1.165) is 20.6 Å². The number of carbonyl (C=O) groups excluding carboxylic acids is 1. The minimum Gasteiger partial charge on any atom is -0.321 e. The van der Waals surface area contributed by atoms with Crippen LogP contribution in [0, 0.1) is 5.82 Å². The van der Waals surface area contributed by atoms with Gasteiger partial charge in [-0.05, 0) is 30.3 Å². The Balaban J connectivity index is 1.48. The van der Waals surface area contributed by atoms with Gasteiger partial charge in [0.25, 0.3) is 5.91 Å². The van der Waals surface area contributed by atoms with E-state index >= 15 is 0 Å². The number of anilines is 1. The van der Waals surface area contributed by atoms with Crippen molar-refractivity contribution in [3.63, 3.8) is 0 Å². The summed E-state index contributed by atoms with van der Waals surface area (Å²) in [6.45, 7) is 0. The number of nitrogens with one attached hydrogen (secondary N) is 1. The molecule has 0 aliphatic rings. The van der Waals surface area contributed by atoms with E-state index in [-0.39, 0.29) is 11.7 Å². The summed E-state index contributed by atoms with van der Waals surface area (Å²) in [6.07, 6.45) is 1.43. The summed E-state index contributed by atoms with van der Waals surface area (Å²) in [6, 6.07) is 11.6. The van der Waals surface area contributed by atoms with Crippen molar-refractivity contribution in [3.05, 3.63) is 69.9 Å². The van der Waals surface area contributed by atoms with Crippen molar-refractivity contribution in [2.45, 2.75) is 9.24 Å². The lowest BCUT2D eigenvalue weighted by atomic mass is 10.2. The van der Waals surface area contributed by atoms with Crippen molar-refractivity contribution in [1.82, 2.24) is 15.2 Å². The molecule has 4 aromatic rings. The fraction of sp³-hybridized carbons (Fsp3) is 0. The standard InChI is InChI=1S/C18H10ClFN4OS3/c19-12-7-10(5-6-14(12)28-18-24-22-9-26-18)23-16(25)15-8-21-17(27-15)11-3-1-2-4-13(11)20/h1-9H,(H,23,25). The van der Waals surface area contributed by atoms with Gasteiger partial charge in [0.15, 0.2) is 4.34 Å². The predicted octanol–water partition coefficient (Wildman–Crippen LogP) is 5.86. The molecular formula is C18H10ClFN4OS3. The highest BCUT2D eigenvalue weighted by Gasteiger charge is 2.15. The first-order valence-electron chi connectivity index (χ1n) is 7.86. The van der Waals surface area contributed by atoms with Crippen molar-refractivity contribution < 1.29 is 9.18 Å². The monoisotopic (exact) mass is 448 g/mol. The molecule has 5 nitrogen and oxygen atoms in total. The number of nitrogens with zero attached hydrogens (tertiary/aromatic N) is 3. The van der Waals surface area contributed by atoms with Crippen LogP contribution >= 0.6 is 46.0 Å². The molecular weight excluding hydrogens is 439 g/mol. The minimum atomic E-state index is -0.376. The average Bonchev–Trinajstić information content (AvgIpc) is 3.36. The predicted molar refractivity (Wildman–Crippen MR) is 111 cm³/mol. The third-order valence-electron chi connectivity index (χ3n) is 3.56. The lowest BCUT2D eigenvalue weighted by Crippen LogP contribution is -2.10. The fourth-order valence-electron chi connectivity index (χ4n) is 2.29. The number of aromatic nitrogens is 3. The van der Waals surface area contributed by atoms with Gasteiger partial charge in [-0.25, -0.2) is 9.37 Å². The maximum absolute atomic E-state index is 13.9. The number of benzene rings is 2. The maximum atomic E-state index is 13.9. The highest BCUT2D eigenvalue weighted by Crippen LogP contribution is 2.35. The lowest BCUT2D eigenvalue weighted by molar-refractivity contribution is 0.103. The van der Waals surface area contributed by atoms with Gasteiger partial charge in [-0.15, -0.1) is 21.5 Å². The molecule has 1 amide bonds. The van der Waals surface area contributed by atoms with E-state index in [9.17, 15) is 9.18 Å². The van der Waals surface area contributed by atoms with Crippen molar-refractivity contribution in [3.8, 4) is 10.6 Å². The summed E-state index contributed by atoms with van der Waals surface area (Å²) in [5.41, 5.74) is 2.57. The second-order valence-electron chi connectivity index (χ2n) is 5.42. The van der Waals surface area contributed by atoms with Crippen LogP contribution < -0.4 is 5.32 Å². The third kappa shape index (κ3) is 4.22. The third-order valence-corrected chi connectivity index (χ3v) is 6.87.